The quantitative estimate of drug-likeness (QED) is 0.790. The first-order valence-corrected chi connectivity index (χ1v) is 7.12. The molecule has 0 N–H and O–H groups in total. The lowest BCUT2D eigenvalue weighted by Gasteiger charge is -2.00. The molecular formula is C13H16BrN3. The Hall–Kier alpha value is -0.900. The number of pyridine rings is 1. The summed E-state index contributed by atoms with van der Waals surface area (Å²) in [5.41, 5.74) is 2.27. The highest BCUT2D eigenvalue weighted by Crippen LogP contribution is 2.32. The van der Waals surface area contributed by atoms with E-state index in [4.69, 9.17) is 0 Å². The van der Waals surface area contributed by atoms with E-state index in [1.807, 2.05) is 4.52 Å². The average molecular weight is 294 g/mol. The van der Waals surface area contributed by atoms with Crippen molar-refractivity contribution in [2.24, 2.45) is 0 Å². The second-order valence-corrected chi connectivity index (χ2v) is 5.57. The Morgan fingerprint density at radius 1 is 1.35 bits per heavy atom. The van der Waals surface area contributed by atoms with Crippen molar-refractivity contribution < 1.29 is 0 Å². The molecule has 0 unspecified atom stereocenters. The van der Waals surface area contributed by atoms with Crippen molar-refractivity contribution in [2.75, 3.05) is 0 Å². The molecule has 0 aromatic carbocycles. The van der Waals surface area contributed by atoms with E-state index in [1.54, 1.807) is 0 Å². The molecule has 2 heterocycles. The molecule has 3 rings (SSSR count). The van der Waals surface area contributed by atoms with Gasteiger partial charge in [0.05, 0.1) is 0 Å². The summed E-state index contributed by atoms with van der Waals surface area (Å²) in [5, 5.41) is 4.63. The Kier molecular flexibility index (Phi) is 2.90. The van der Waals surface area contributed by atoms with Gasteiger partial charge in [0, 0.05) is 5.92 Å². The molecule has 1 fully saturated rings. The van der Waals surface area contributed by atoms with E-state index >= 15 is 0 Å². The number of aryl methyl sites for hydroxylation is 1. The number of hydrogen-bond acceptors (Lipinski definition) is 2. The van der Waals surface area contributed by atoms with Crippen LogP contribution >= 0.6 is 15.9 Å². The summed E-state index contributed by atoms with van der Waals surface area (Å²) in [6.45, 7) is 2.16. The van der Waals surface area contributed by atoms with E-state index < -0.39 is 0 Å². The van der Waals surface area contributed by atoms with Crippen LogP contribution < -0.4 is 0 Å². The van der Waals surface area contributed by atoms with Crippen molar-refractivity contribution in [3.63, 3.8) is 0 Å². The highest BCUT2D eigenvalue weighted by molar-refractivity contribution is 9.10. The van der Waals surface area contributed by atoms with Crippen molar-refractivity contribution in [2.45, 2.75) is 44.9 Å². The van der Waals surface area contributed by atoms with Gasteiger partial charge in [-0.15, -0.1) is 5.10 Å². The van der Waals surface area contributed by atoms with Crippen LogP contribution in [0.3, 0.4) is 0 Å². The highest BCUT2D eigenvalue weighted by Gasteiger charge is 2.21. The maximum absolute atomic E-state index is 4.69. The molecule has 0 atom stereocenters. The molecule has 0 spiro atoms. The van der Waals surface area contributed by atoms with Gasteiger partial charge < -0.3 is 0 Å². The molecule has 90 valence electrons. The topological polar surface area (TPSA) is 30.2 Å². The largest absolute Gasteiger partial charge is 0.212 e. The molecule has 2 aromatic heterocycles. The van der Waals surface area contributed by atoms with Gasteiger partial charge in [-0.05, 0) is 52.9 Å². The Morgan fingerprint density at radius 3 is 2.82 bits per heavy atom. The molecule has 1 aliphatic rings. The van der Waals surface area contributed by atoms with Crippen LogP contribution in [0.1, 0.15) is 49.9 Å². The molecule has 1 saturated carbocycles. The maximum atomic E-state index is 4.69. The molecule has 3 nitrogen and oxygen atoms in total. The monoisotopic (exact) mass is 293 g/mol. The zero-order valence-corrected chi connectivity index (χ0v) is 11.6. The van der Waals surface area contributed by atoms with Crippen LogP contribution in [0.2, 0.25) is 0 Å². The minimum atomic E-state index is 0.576. The lowest BCUT2D eigenvalue weighted by Crippen LogP contribution is -1.96. The minimum absolute atomic E-state index is 0.576. The lowest BCUT2D eigenvalue weighted by atomic mass is 10.1. The molecular weight excluding hydrogens is 278 g/mol. The van der Waals surface area contributed by atoms with Crippen LogP contribution in [0.15, 0.2) is 16.7 Å². The Bertz CT molecular complexity index is 541. The second kappa shape index (κ2) is 4.41. The van der Waals surface area contributed by atoms with Crippen molar-refractivity contribution in [1.82, 2.24) is 14.6 Å². The normalized spacial score (nSPS) is 17.1. The summed E-state index contributed by atoms with van der Waals surface area (Å²) >= 11 is 3.57. The molecule has 0 saturated heterocycles. The Morgan fingerprint density at radius 2 is 2.12 bits per heavy atom. The van der Waals surface area contributed by atoms with Gasteiger partial charge in [0.2, 0.25) is 0 Å². The van der Waals surface area contributed by atoms with Crippen molar-refractivity contribution in [3.05, 3.63) is 28.1 Å². The van der Waals surface area contributed by atoms with Crippen LogP contribution in [-0.4, -0.2) is 14.6 Å². The Labute approximate surface area is 109 Å². The smallest absolute Gasteiger partial charge is 0.157 e. The van der Waals surface area contributed by atoms with Gasteiger partial charge in [0.15, 0.2) is 11.5 Å². The van der Waals surface area contributed by atoms with Crippen molar-refractivity contribution in [3.8, 4) is 0 Å². The summed E-state index contributed by atoms with van der Waals surface area (Å²) in [6, 6.07) is 4.26. The summed E-state index contributed by atoms with van der Waals surface area (Å²) in [6.07, 6.45) is 6.16. The van der Waals surface area contributed by atoms with Crippen LogP contribution in [0.4, 0.5) is 0 Å². The highest BCUT2D eigenvalue weighted by atomic mass is 79.9. The third-order valence-corrected chi connectivity index (χ3v) is 4.16. The Balaban J connectivity index is 2.08. The van der Waals surface area contributed by atoms with Crippen LogP contribution in [0.25, 0.3) is 5.65 Å². The third kappa shape index (κ3) is 1.99. The van der Waals surface area contributed by atoms with E-state index in [0.717, 1.165) is 22.5 Å². The number of rotatable bonds is 2. The minimum Gasteiger partial charge on any atom is -0.212 e. The number of aromatic nitrogens is 3. The molecule has 0 aliphatic heterocycles. The summed E-state index contributed by atoms with van der Waals surface area (Å²) in [7, 11) is 0. The predicted molar refractivity (Wildman–Crippen MR) is 71.3 cm³/mol. The molecule has 0 amide bonds. The van der Waals surface area contributed by atoms with Gasteiger partial charge in [0.25, 0.3) is 0 Å². The van der Waals surface area contributed by atoms with Crippen LogP contribution in [0.5, 0.6) is 0 Å². The molecule has 2 aromatic rings. The molecule has 0 bridgehead atoms. The second-order valence-electron chi connectivity index (χ2n) is 4.76. The first kappa shape index (κ1) is 11.2. The number of fused-ring (bicyclic) bond motifs is 1. The third-order valence-electron chi connectivity index (χ3n) is 3.60. The summed E-state index contributed by atoms with van der Waals surface area (Å²) in [4.78, 5) is 4.69. The van der Waals surface area contributed by atoms with Crippen LogP contribution in [-0.2, 0) is 6.42 Å². The fourth-order valence-electron chi connectivity index (χ4n) is 2.57. The van der Waals surface area contributed by atoms with E-state index in [0.29, 0.717) is 5.92 Å². The van der Waals surface area contributed by atoms with Gasteiger partial charge in [-0.25, -0.2) is 9.50 Å². The fraction of sp³-hybridized carbons (Fsp3) is 0.538. The van der Waals surface area contributed by atoms with Gasteiger partial charge in [0.1, 0.15) is 4.60 Å². The molecule has 0 radical (unpaired) electrons. The van der Waals surface area contributed by atoms with Gasteiger partial charge >= 0.3 is 0 Å². The SMILES string of the molecule is CCc1cc(Br)n2nc(C3CCCC3)nc2c1. The standard InChI is InChI=1S/C13H16BrN3/c1-2-9-7-11(14)17-12(8-9)15-13(16-17)10-5-3-4-6-10/h7-8,10H,2-6H2,1H3. The molecule has 17 heavy (non-hydrogen) atoms. The van der Waals surface area contributed by atoms with Crippen LogP contribution in [0, 0.1) is 0 Å². The van der Waals surface area contributed by atoms with Gasteiger partial charge in [-0.3, -0.25) is 0 Å². The zero-order valence-electron chi connectivity index (χ0n) is 9.99. The summed E-state index contributed by atoms with van der Waals surface area (Å²) < 4.78 is 2.91. The number of halogens is 1. The number of hydrogen-bond donors (Lipinski definition) is 0. The first-order chi connectivity index (χ1) is 8.28. The van der Waals surface area contributed by atoms with E-state index in [2.05, 4.69) is 45.1 Å². The van der Waals surface area contributed by atoms with Crippen molar-refractivity contribution in [1.29, 1.82) is 0 Å². The summed E-state index contributed by atoms with van der Waals surface area (Å²) in [5.74, 6) is 1.60. The first-order valence-electron chi connectivity index (χ1n) is 6.33. The van der Waals surface area contributed by atoms with Crippen molar-refractivity contribution >= 4 is 21.6 Å². The lowest BCUT2D eigenvalue weighted by molar-refractivity contribution is 0.664. The zero-order chi connectivity index (χ0) is 11.8. The predicted octanol–water partition coefficient (Wildman–Crippen LogP) is 3.71. The van der Waals surface area contributed by atoms with E-state index in [-0.39, 0.29) is 0 Å². The van der Waals surface area contributed by atoms with E-state index in [1.165, 1.54) is 31.2 Å². The number of nitrogens with zero attached hydrogens (tertiary/aromatic N) is 3. The average Bonchev–Trinajstić information content (AvgIpc) is 2.96. The molecule has 4 heteroatoms. The maximum Gasteiger partial charge on any atom is 0.157 e. The fourth-order valence-corrected chi connectivity index (χ4v) is 3.13. The van der Waals surface area contributed by atoms with Gasteiger partial charge in [-0.2, -0.15) is 0 Å². The molecule has 1 aliphatic carbocycles. The van der Waals surface area contributed by atoms with E-state index in [9.17, 15) is 0 Å². The van der Waals surface area contributed by atoms with Gasteiger partial charge in [-0.1, -0.05) is 19.8 Å².